The fourth-order valence-electron chi connectivity index (χ4n) is 2.42. The molecule has 10 heteroatoms. The van der Waals surface area contributed by atoms with Gasteiger partial charge in [-0.25, -0.2) is 9.97 Å². The van der Waals surface area contributed by atoms with E-state index in [9.17, 15) is 18.3 Å². The second-order valence-corrected chi connectivity index (χ2v) is 6.22. The standard InChI is InChI=1S/C18H17F3N6O/c1-10(2)25-11-3-4-14(28)13(7-11)16-23-9-24-17(27-16)26-12-5-6-22-15(8-12)18(19,20)21/h3-10,25,28H,1-2H3,(H,22,23,24,26,27). The fourth-order valence-corrected chi connectivity index (χ4v) is 2.42. The molecule has 0 aliphatic heterocycles. The maximum absolute atomic E-state index is 12.8. The van der Waals surface area contributed by atoms with E-state index in [4.69, 9.17) is 0 Å². The van der Waals surface area contributed by atoms with Gasteiger partial charge in [-0.15, -0.1) is 0 Å². The van der Waals surface area contributed by atoms with E-state index in [0.29, 0.717) is 5.56 Å². The van der Waals surface area contributed by atoms with E-state index in [1.165, 1.54) is 18.5 Å². The Morgan fingerprint density at radius 2 is 1.79 bits per heavy atom. The molecule has 7 nitrogen and oxygen atoms in total. The van der Waals surface area contributed by atoms with Crippen molar-refractivity contribution in [1.82, 2.24) is 19.9 Å². The Hall–Kier alpha value is -3.43. The molecule has 28 heavy (non-hydrogen) atoms. The van der Waals surface area contributed by atoms with Gasteiger partial charge in [-0.2, -0.15) is 18.2 Å². The summed E-state index contributed by atoms with van der Waals surface area (Å²) in [4.78, 5) is 15.5. The first-order valence-corrected chi connectivity index (χ1v) is 8.31. The van der Waals surface area contributed by atoms with Crippen molar-refractivity contribution in [1.29, 1.82) is 0 Å². The number of benzene rings is 1. The predicted molar refractivity (Wildman–Crippen MR) is 98.2 cm³/mol. The Balaban J connectivity index is 1.89. The Bertz CT molecular complexity index is 978. The normalized spacial score (nSPS) is 11.5. The molecule has 0 aliphatic rings. The lowest BCUT2D eigenvalue weighted by molar-refractivity contribution is -0.141. The molecule has 146 valence electrons. The van der Waals surface area contributed by atoms with Crippen LogP contribution in [0.3, 0.4) is 0 Å². The zero-order chi connectivity index (χ0) is 20.3. The van der Waals surface area contributed by atoms with Crippen LogP contribution in [-0.4, -0.2) is 31.1 Å². The summed E-state index contributed by atoms with van der Waals surface area (Å²) in [7, 11) is 0. The molecule has 0 bridgehead atoms. The molecule has 0 saturated carbocycles. The van der Waals surface area contributed by atoms with Gasteiger partial charge in [0.15, 0.2) is 5.82 Å². The molecule has 0 atom stereocenters. The molecule has 0 radical (unpaired) electrons. The van der Waals surface area contributed by atoms with Crippen LogP contribution < -0.4 is 10.6 Å². The summed E-state index contributed by atoms with van der Waals surface area (Å²) in [5.74, 6) is 0.174. The minimum absolute atomic E-state index is 0.0327. The van der Waals surface area contributed by atoms with Crippen molar-refractivity contribution >= 4 is 17.3 Å². The molecule has 0 amide bonds. The summed E-state index contributed by atoms with van der Waals surface area (Å²) in [5, 5.41) is 16.0. The van der Waals surface area contributed by atoms with E-state index in [2.05, 4.69) is 30.6 Å². The maximum Gasteiger partial charge on any atom is 0.433 e. The van der Waals surface area contributed by atoms with Crippen LogP contribution in [-0.2, 0) is 6.18 Å². The van der Waals surface area contributed by atoms with E-state index < -0.39 is 11.9 Å². The number of rotatable bonds is 5. The number of aromatic nitrogens is 4. The summed E-state index contributed by atoms with van der Waals surface area (Å²) >= 11 is 0. The first kappa shape index (κ1) is 19.3. The van der Waals surface area contributed by atoms with Gasteiger partial charge in [-0.1, -0.05) is 0 Å². The van der Waals surface area contributed by atoms with Gasteiger partial charge in [0.2, 0.25) is 5.95 Å². The highest BCUT2D eigenvalue weighted by molar-refractivity contribution is 5.70. The second-order valence-electron chi connectivity index (χ2n) is 6.22. The van der Waals surface area contributed by atoms with E-state index in [1.807, 2.05) is 13.8 Å². The molecule has 3 rings (SSSR count). The molecule has 0 aliphatic carbocycles. The maximum atomic E-state index is 12.8. The SMILES string of the molecule is CC(C)Nc1ccc(O)c(-c2ncnc(Nc3ccnc(C(F)(F)F)c3)n2)c1. The highest BCUT2D eigenvalue weighted by Crippen LogP contribution is 2.31. The lowest BCUT2D eigenvalue weighted by Crippen LogP contribution is -2.09. The zero-order valence-corrected chi connectivity index (χ0v) is 15.0. The number of phenolic OH excluding ortho intramolecular Hbond substituents is 1. The molecular weight excluding hydrogens is 373 g/mol. The molecule has 2 aromatic heterocycles. The minimum atomic E-state index is -4.56. The van der Waals surface area contributed by atoms with Crippen LogP contribution in [0.1, 0.15) is 19.5 Å². The Kier molecular flexibility index (Phi) is 5.30. The number of nitrogens with zero attached hydrogens (tertiary/aromatic N) is 4. The van der Waals surface area contributed by atoms with E-state index in [-0.39, 0.29) is 29.3 Å². The van der Waals surface area contributed by atoms with Crippen molar-refractivity contribution in [3.8, 4) is 17.1 Å². The van der Waals surface area contributed by atoms with E-state index in [1.54, 1.807) is 12.1 Å². The van der Waals surface area contributed by atoms with Crippen molar-refractivity contribution in [2.45, 2.75) is 26.1 Å². The van der Waals surface area contributed by atoms with Crippen molar-refractivity contribution in [2.75, 3.05) is 10.6 Å². The van der Waals surface area contributed by atoms with Gasteiger partial charge in [0.05, 0.1) is 5.56 Å². The number of alkyl halides is 3. The lowest BCUT2D eigenvalue weighted by atomic mass is 10.1. The predicted octanol–water partition coefficient (Wildman–Crippen LogP) is 4.22. The molecule has 2 heterocycles. The topological polar surface area (TPSA) is 95.8 Å². The molecule has 0 fully saturated rings. The molecular formula is C18H17F3N6O. The summed E-state index contributed by atoms with van der Waals surface area (Å²) < 4.78 is 38.4. The number of aromatic hydroxyl groups is 1. The first-order chi connectivity index (χ1) is 13.2. The van der Waals surface area contributed by atoms with E-state index >= 15 is 0 Å². The Labute approximate surface area is 158 Å². The number of anilines is 3. The number of hydrogen-bond donors (Lipinski definition) is 3. The van der Waals surface area contributed by atoms with Gasteiger partial charge < -0.3 is 15.7 Å². The van der Waals surface area contributed by atoms with Crippen molar-refractivity contribution in [2.24, 2.45) is 0 Å². The van der Waals surface area contributed by atoms with Crippen molar-refractivity contribution < 1.29 is 18.3 Å². The van der Waals surface area contributed by atoms with Gasteiger partial charge in [-0.05, 0) is 44.2 Å². The number of phenols is 1. The summed E-state index contributed by atoms with van der Waals surface area (Å²) in [5.41, 5.74) is 0.222. The monoisotopic (exact) mass is 390 g/mol. The van der Waals surface area contributed by atoms with Crippen LogP contribution in [0, 0.1) is 0 Å². The van der Waals surface area contributed by atoms with Crippen molar-refractivity contribution in [3.63, 3.8) is 0 Å². The van der Waals surface area contributed by atoms with Crippen LogP contribution in [0.25, 0.3) is 11.4 Å². The molecule has 0 saturated heterocycles. The quantitative estimate of drug-likeness (QED) is 0.561. The summed E-state index contributed by atoms with van der Waals surface area (Å²) in [6.45, 7) is 3.95. The molecule has 3 aromatic rings. The number of hydrogen-bond acceptors (Lipinski definition) is 7. The highest BCUT2D eigenvalue weighted by Gasteiger charge is 2.32. The summed E-state index contributed by atoms with van der Waals surface area (Å²) in [6, 6.07) is 7.31. The number of pyridine rings is 1. The third kappa shape index (κ3) is 4.64. The van der Waals surface area contributed by atoms with Crippen molar-refractivity contribution in [3.05, 3.63) is 48.5 Å². The van der Waals surface area contributed by atoms with Crippen LogP contribution in [0.15, 0.2) is 42.9 Å². The molecule has 1 aromatic carbocycles. The van der Waals surface area contributed by atoms with Gasteiger partial charge in [-0.3, -0.25) is 4.98 Å². The van der Waals surface area contributed by atoms with Gasteiger partial charge >= 0.3 is 6.18 Å². The molecule has 3 N–H and O–H groups in total. The smallest absolute Gasteiger partial charge is 0.433 e. The molecule has 0 spiro atoms. The average Bonchev–Trinajstić information content (AvgIpc) is 2.63. The van der Waals surface area contributed by atoms with Crippen LogP contribution in [0.2, 0.25) is 0 Å². The largest absolute Gasteiger partial charge is 0.507 e. The molecule has 0 unspecified atom stereocenters. The van der Waals surface area contributed by atoms with Gasteiger partial charge in [0.25, 0.3) is 0 Å². The lowest BCUT2D eigenvalue weighted by Gasteiger charge is -2.12. The van der Waals surface area contributed by atoms with E-state index in [0.717, 1.165) is 18.0 Å². The van der Waals surface area contributed by atoms with Gasteiger partial charge in [0, 0.05) is 23.6 Å². The van der Waals surface area contributed by atoms with Gasteiger partial charge in [0.1, 0.15) is 17.8 Å². The van der Waals surface area contributed by atoms with Crippen LogP contribution >= 0.6 is 0 Å². The highest BCUT2D eigenvalue weighted by atomic mass is 19.4. The number of halogens is 3. The van der Waals surface area contributed by atoms with Crippen LogP contribution in [0.4, 0.5) is 30.5 Å². The average molecular weight is 390 g/mol. The summed E-state index contributed by atoms with van der Waals surface area (Å²) in [6.07, 6.45) is -2.31. The first-order valence-electron chi connectivity index (χ1n) is 8.31. The number of nitrogens with one attached hydrogen (secondary N) is 2. The fraction of sp³-hybridized carbons (Fsp3) is 0.222. The second kappa shape index (κ2) is 7.67. The third-order valence-electron chi connectivity index (χ3n) is 3.57. The van der Waals surface area contributed by atoms with Crippen LogP contribution in [0.5, 0.6) is 5.75 Å². The Morgan fingerprint density at radius 3 is 2.50 bits per heavy atom. The Morgan fingerprint density at radius 1 is 1.00 bits per heavy atom. The zero-order valence-electron chi connectivity index (χ0n) is 15.0. The third-order valence-corrected chi connectivity index (χ3v) is 3.57. The minimum Gasteiger partial charge on any atom is -0.507 e.